The van der Waals surface area contributed by atoms with Crippen LogP contribution in [0.15, 0.2) is 48.5 Å². The van der Waals surface area contributed by atoms with Crippen molar-refractivity contribution in [2.24, 2.45) is 5.73 Å². The van der Waals surface area contributed by atoms with Crippen LogP contribution in [0.3, 0.4) is 0 Å². The van der Waals surface area contributed by atoms with Crippen LogP contribution < -0.4 is 16.0 Å². The molecule has 0 aromatic heterocycles. The molecule has 0 aliphatic carbocycles. The second-order valence-corrected chi connectivity index (χ2v) is 4.48. The fraction of sp³-hybridized carbons (Fsp3) is 0.133. The Morgan fingerprint density at radius 3 is 2.53 bits per heavy atom. The van der Waals surface area contributed by atoms with Crippen LogP contribution in [-0.2, 0) is 11.3 Å². The van der Waals surface area contributed by atoms with Gasteiger partial charge in [-0.25, -0.2) is 0 Å². The van der Waals surface area contributed by atoms with Crippen molar-refractivity contribution in [1.29, 1.82) is 0 Å². The normalized spacial score (nSPS) is 13.9. The first-order valence-electron chi connectivity index (χ1n) is 6.24. The fourth-order valence-corrected chi connectivity index (χ4v) is 2.39. The zero-order chi connectivity index (χ0) is 13.2. The Labute approximate surface area is 111 Å². The van der Waals surface area contributed by atoms with E-state index in [2.05, 4.69) is 5.32 Å². The summed E-state index contributed by atoms with van der Waals surface area (Å²) in [5.74, 6) is -0.00877. The van der Waals surface area contributed by atoms with Crippen LogP contribution in [-0.4, -0.2) is 12.5 Å². The summed E-state index contributed by atoms with van der Waals surface area (Å²) < 4.78 is 0. The van der Waals surface area contributed by atoms with Gasteiger partial charge in [-0.15, -0.1) is 0 Å². The number of nitrogens with one attached hydrogen (secondary N) is 1. The highest BCUT2D eigenvalue weighted by Crippen LogP contribution is 2.36. The number of nitrogens with zero attached hydrogens (tertiary/aromatic N) is 1. The van der Waals surface area contributed by atoms with Crippen molar-refractivity contribution in [1.82, 2.24) is 0 Å². The van der Waals surface area contributed by atoms with Crippen LogP contribution in [0, 0.1) is 0 Å². The van der Waals surface area contributed by atoms with Crippen LogP contribution in [0.5, 0.6) is 0 Å². The van der Waals surface area contributed by atoms with E-state index in [9.17, 15) is 4.79 Å². The van der Waals surface area contributed by atoms with Crippen molar-refractivity contribution in [2.75, 3.05) is 16.8 Å². The zero-order valence-corrected chi connectivity index (χ0v) is 10.5. The van der Waals surface area contributed by atoms with Gasteiger partial charge >= 0.3 is 0 Å². The minimum Gasteiger partial charge on any atom is -0.330 e. The Hall–Kier alpha value is -2.33. The fourth-order valence-electron chi connectivity index (χ4n) is 2.39. The molecule has 0 radical (unpaired) electrons. The van der Waals surface area contributed by atoms with Crippen molar-refractivity contribution in [3.05, 3.63) is 54.1 Å². The van der Waals surface area contributed by atoms with Crippen LogP contribution in [0.1, 0.15) is 5.56 Å². The molecule has 19 heavy (non-hydrogen) atoms. The molecule has 0 bridgehead atoms. The van der Waals surface area contributed by atoms with Gasteiger partial charge in [0.2, 0.25) is 5.91 Å². The number of rotatable bonds is 2. The van der Waals surface area contributed by atoms with Gasteiger partial charge in [0.15, 0.2) is 0 Å². The summed E-state index contributed by atoms with van der Waals surface area (Å²) in [6, 6.07) is 15.7. The first-order valence-corrected chi connectivity index (χ1v) is 6.24. The number of carbonyl (C=O) groups excluding carboxylic acids is 1. The van der Waals surface area contributed by atoms with Crippen LogP contribution in [0.2, 0.25) is 0 Å². The molecule has 2 aromatic carbocycles. The van der Waals surface area contributed by atoms with E-state index in [1.807, 2.05) is 53.4 Å². The lowest BCUT2D eigenvalue weighted by Gasteiger charge is -2.32. The minimum absolute atomic E-state index is 0.00877. The second-order valence-electron chi connectivity index (χ2n) is 4.48. The molecule has 0 spiro atoms. The summed E-state index contributed by atoms with van der Waals surface area (Å²) >= 11 is 0. The van der Waals surface area contributed by atoms with E-state index < -0.39 is 0 Å². The van der Waals surface area contributed by atoms with Crippen molar-refractivity contribution >= 4 is 23.0 Å². The predicted octanol–water partition coefficient (Wildman–Crippen LogP) is 2.24. The molecular weight excluding hydrogens is 238 g/mol. The van der Waals surface area contributed by atoms with Crippen molar-refractivity contribution < 1.29 is 4.79 Å². The van der Waals surface area contributed by atoms with Gasteiger partial charge in [-0.3, -0.25) is 4.79 Å². The summed E-state index contributed by atoms with van der Waals surface area (Å²) in [5, 5.41) is 2.89. The van der Waals surface area contributed by atoms with Gasteiger partial charge in [0.05, 0.1) is 11.4 Å². The monoisotopic (exact) mass is 253 g/mol. The minimum atomic E-state index is -0.00877. The molecule has 2 aromatic rings. The maximum absolute atomic E-state index is 11.8. The molecule has 1 aliphatic rings. The number of para-hydroxylation sites is 3. The molecule has 4 heteroatoms. The quantitative estimate of drug-likeness (QED) is 0.863. The van der Waals surface area contributed by atoms with Gasteiger partial charge in [0, 0.05) is 12.2 Å². The van der Waals surface area contributed by atoms with Gasteiger partial charge in [0.1, 0.15) is 6.54 Å². The molecule has 1 amide bonds. The molecule has 1 heterocycles. The van der Waals surface area contributed by atoms with Crippen molar-refractivity contribution in [3.63, 3.8) is 0 Å². The molecule has 1 aliphatic heterocycles. The second kappa shape index (κ2) is 4.74. The maximum atomic E-state index is 11.8. The highest BCUT2D eigenvalue weighted by molar-refractivity contribution is 6.03. The van der Waals surface area contributed by atoms with Crippen LogP contribution in [0.25, 0.3) is 0 Å². The average Bonchev–Trinajstić information content (AvgIpc) is 2.46. The summed E-state index contributed by atoms with van der Waals surface area (Å²) in [5.41, 5.74) is 9.65. The molecule has 0 fully saturated rings. The number of hydrogen-bond donors (Lipinski definition) is 2. The number of amides is 1. The Morgan fingerprint density at radius 2 is 1.74 bits per heavy atom. The van der Waals surface area contributed by atoms with E-state index >= 15 is 0 Å². The van der Waals surface area contributed by atoms with E-state index in [-0.39, 0.29) is 5.91 Å². The Bertz CT molecular complexity index is 624. The highest BCUT2D eigenvalue weighted by Gasteiger charge is 2.23. The van der Waals surface area contributed by atoms with E-state index in [1.54, 1.807) is 0 Å². The Kier molecular flexibility index (Phi) is 2.93. The molecule has 3 rings (SSSR count). The topological polar surface area (TPSA) is 58.4 Å². The number of benzene rings is 2. The van der Waals surface area contributed by atoms with Crippen molar-refractivity contribution in [2.45, 2.75) is 6.54 Å². The first kappa shape index (κ1) is 11.7. The number of nitrogens with two attached hydrogens (primary N) is 1. The van der Waals surface area contributed by atoms with Crippen LogP contribution >= 0.6 is 0 Å². The van der Waals surface area contributed by atoms with E-state index in [0.717, 1.165) is 22.6 Å². The Balaban J connectivity index is 2.13. The summed E-state index contributed by atoms with van der Waals surface area (Å²) in [4.78, 5) is 13.8. The van der Waals surface area contributed by atoms with Gasteiger partial charge in [-0.1, -0.05) is 30.3 Å². The van der Waals surface area contributed by atoms with E-state index in [0.29, 0.717) is 13.1 Å². The lowest BCUT2D eigenvalue weighted by molar-refractivity contribution is -0.115. The number of anilines is 3. The standard InChI is InChI=1S/C15H15N3O/c16-9-11-5-1-3-7-13(11)18-10-15(19)17-12-6-2-4-8-14(12)18/h1-8H,9-10,16H2,(H,17,19). The van der Waals surface area contributed by atoms with E-state index in [4.69, 9.17) is 5.73 Å². The molecule has 0 saturated carbocycles. The predicted molar refractivity (Wildman–Crippen MR) is 76.4 cm³/mol. The number of hydrogen-bond acceptors (Lipinski definition) is 3. The number of fused-ring (bicyclic) bond motifs is 1. The molecule has 0 atom stereocenters. The van der Waals surface area contributed by atoms with Gasteiger partial charge in [-0.2, -0.15) is 0 Å². The largest absolute Gasteiger partial charge is 0.330 e. The van der Waals surface area contributed by atoms with Gasteiger partial charge < -0.3 is 16.0 Å². The van der Waals surface area contributed by atoms with E-state index in [1.165, 1.54) is 0 Å². The molecule has 3 N–H and O–H groups in total. The SMILES string of the molecule is NCc1ccccc1N1CC(=O)Nc2ccccc21. The smallest absolute Gasteiger partial charge is 0.244 e. The highest BCUT2D eigenvalue weighted by atomic mass is 16.2. The maximum Gasteiger partial charge on any atom is 0.244 e. The first-order chi connectivity index (χ1) is 9.29. The molecule has 0 saturated heterocycles. The summed E-state index contributed by atoms with van der Waals surface area (Å²) in [6.07, 6.45) is 0. The summed E-state index contributed by atoms with van der Waals surface area (Å²) in [7, 11) is 0. The molecule has 96 valence electrons. The number of carbonyl (C=O) groups is 1. The van der Waals surface area contributed by atoms with Gasteiger partial charge in [0.25, 0.3) is 0 Å². The summed E-state index contributed by atoms with van der Waals surface area (Å²) in [6.45, 7) is 0.768. The molecular formula is C15H15N3O. The Morgan fingerprint density at radius 1 is 1.05 bits per heavy atom. The molecule has 0 unspecified atom stereocenters. The zero-order valence-electron chi connectivity index (χ0n) is 10.5. The van der Waals surface area contributed by atoms with Crippen molar-refractivity contribution in [3.8, 4) is 0 Å². The van der Waals surface area contributed by atoms with Crippen LogP contribution in [0.4, 0.5) is 17.1 Å². The average molecular weight is 253 g/mol. The molecule has 4 nitrogen and oxygen atoms in total. The third kappa shape index (κ3) is 2.06. The lowest BCUT2D eigenvalue weighted by atomic mass is 10.1. The third-order valence-electron chi connectivity index (χ3n) is 3.27. The van der Waals surface area contributed by atoms with Gasteiger partial charge in [-0.05, 0) is 23.8 Å². The lowest BCUT2D eigenvalue weighted by Crippen LogP contribution is -2.35. The third-order valence-corrected chi connectivity index (χ3v) is 3.27.